The smallest absolute Gasteiger partial charge is 0.387 e. The second-order valence-electron chi connectivity index (χ2n) is 6.12. The monoisotopic (exact) mass is 324 g/mol. The number of rotatable bonds is 2. The number of piperidine rings is 1. The van der Waals surface area contributed by atoms with Crippen LogP contribution in [0.3, 0.4) is 0 Å². The molecule has 2 unspecified atom stereocenters. The van der Waals surface area contributed by atoms with E-state index in [1.165, 1.54) is 0 Å². The first-order valence-corrected chi connectivity index (χ1v) is 7.76. The molecule has 2 heterocycles. The number of hydrogen-bond donors (Lipinski definition) is 2. The van der Waals surface area contributed by atoms with Gasteiger partial charge in [-0.1, -0.05) is 18.6 Å². The summed E-state index contributed by atoms with van der Waals surface area (Å²) < 4.78 is 39.4. The maximum atomic E-state index is 13.1. The molecule has 2 atom stereocenters. The Morgan fingerprint density at radius 3 is 2.70 bits per heavy atom. The first kappa shape index (κ1) is 16.2. The number of pyridine rings is 1. The minimum absolute atomic E-state index is 0.225. The van der Waals surface area contributed by atoms with Gasteiger partial charge in [0.15, 0.2) is 0 Å². The van der Waals surface area contributed by atoms with Crippen molar-refractivity contribution in [1.82, 2.24) is 10.3 Å². The van der Waals surface area contributed by atoms with Gasteiger partial charge in [0.1, 0.15) is 5.69 Å². The first-order chi connectivity index (χ1) is 10.9. The Kier molecular flexibility index (Phi) is 4.29. The maximum absolute atomic E-state index is 13.1. The van der Waals surface area contributed by atoms with Crippen LogP contribution in [-0.2, 0) is 6.18 Å². The van der Waals surface area contributed by atoms with Crippen molar-refractivity contribution in [2.24, 2.45) is 0 Å². The number of aliphatic hydroxyl groups excluding tert-OH is 1. The number of aryl methyl sites for hydroxylation is 1. The number of nitrogens with zero attached hydrogens (tertiary/aromatic N) is 1. The van der Waals surface area contributed by atoms with E-state index in [1.54, 1.807) is 19.1 Å². The Morgan fingerprint density at radius 1 is 1.26 bits per heavy atom. The molecule has 0 amide bonds. The fourth-order valence-corrected chi connectivity index (χ4v) is 3.12. The standard InChI is InChI=1S/C17H19F3N2O/c1-10-5-6-11-12(16(23)13-4-2-3-7-21-13)9-15(17(18,19)20)22-14(11)8-10/h5-6,8-9,13,16,21,23H,2-4,7H2,1H3. The number of benzene rings is 1. The summed E-state index contributed by atoms with van der Waals surface area (Å²) in [6.07, 6.45) is -2.79. The Morgan fingerprint density at radius 2 is 2.04 bits per heavy atom. The molecule has 0 radical (unpaired) electrons. The lowest BCUT2D eigenvalue weighted by Gasteiger charge is -2.29. The topological polar surface area (TPSA) is 45.1 Å². The molecule has 0 aliphatic carbocycles. The average Bonchev–Trinajstić information content (AvgIpc) is 2.52. The van der Waals surface area contributed by atoms with E-state index in [0.717, 1.165) is 37.4 Å². The summed E-state index contributed by atoms with van der Waals surface area (Å²) in [7, 11) is 0. The van der Waals surface area contributed by atoms with Crippen molar-refractivity contribution in [2.75, 3.05) is 6.54 Å². The number of aliphatic hydroxyl groups is 1. The van der Waals surface area contributed by atoms with E-state index in [1.807, 2.05) is 6.07 Å². The highest BCUT2D eigenvalue weighted by Gasteiger charge is 2.35. The van der Waals surface area contributed by atoms with Gasteiger partial charge in [0.2, 0.25) is 0 Å². The molecule has 1 aromatic heterocycles. The number of alkyl halides is 3. The van der Waals surface area contributed by atoms with Crippen molar-refractivity contribution >= 4 is 10.9 Å². The lowest BCUT2D eigenvalue weighted by Crippen LogP contribution is -2.39. The van der Waals surface area contributed by atoms with Gasteiger partial charge < -0.3 is 10.4 Å². The molecule has 3 nitrogen and oxygen atoms in total. The van der Waals surface area contributed by atoms with Gasteiger partial charge >= 0.3 is 6.18 Å². The molecule has 6 heteroatoms. The van der Waals surface area contributed by atoms with Crippen molar-refractivity contribution in [2.45, 2.75) is 44.5 Å². The zero-order valence-corrected chi connectivity index (χ0v) is 12.8. The minimum atomic E-state index is -4.54. The third-order valence-electron chi connectivity index (χ3n) is 4.34. The molecular weight excluding hydrogens is 305 g/mol. The van der Waals surface area contributed by atoms with Crippen LogP contribution in [0, 0.1) is 6.92 Å². The van der Waals surface area contributed by atoms with Crippen LogP contribution in [0.25, 0.3) is 10.9 Å². The lowest BCUT2D eigenvalue weighted by atomic mass is 9.92. The number of aromatic nitrogens is 1. The van der Waals surface area contributed by atoms with Crippen LogP contribution in [0.15, 0.2) is 24.3 Å². The summed E-state index contributed by atoms with van der Waals surface area (Å²) >= 11 is 0. The van der Waals surface area contributed by atoms with Gasteiger partial charge in [-0.25, -0.2) is 4.98 Å². The van der Waals surface area contributed by atoms with Crippen LogP contribution < -0.4 is 5.32 Å². The van der Waals surface area contributed by atoms with E-state index >= 15 is 0 Å². The maximum Gasteiger partial charge on any atom is 0.433 e. The van der Waals surface area contributed by atoms with E-state index < -0.39 is 18.0 Å². The van der Waals surface area contributed by atoms with Gasteiger partial charge in [-0.15, -0.1) is 0 Å². The number of hydrogen-bond acceptors (Lipinski definition) is 3. The fourth-order valence-electron chi connectivity index (χ4n) is 3.12. The third kappa shape index (κ3) is 3.33. The van der Waals surface area contributed by atoms with Crippen LogP contribution in [0.4, 0.5) is 13.2 Å². The highest BCUT2D eigenvalue weighted by molar-refractivity contribution is 5.83. The molecule has 0 saturated carbocycles. The third-order valence-corrected chi connectivity index (χ3v) is 4.34. The lowest BCUT2D eigenvalue weighted by molar-refractivity contribution is -0.141. The van der Waals surface area contributed by atoms with Crippen LogP contribution in [0.2, 0.25) is 0 Å². The second kappa shape index (κ2) is 6.09. The van der Waals surface area contributed by atoms with Crippen molar-refractivity contribution in [3.8, 4) is 0 Å². The van der Waals surface area contributed by atoms with Gasteiger partial charge in [-0.3, -0.25) is 0 Å². The highest BCUT2D eigenvalue weighted by atomic mass is 19.4. The molecule has 2 aromatic rings. The fraction of sp³-hybridized carbons (Fsp3) is 0.471. The van der Waals surface area contributed by atoms with Gasteiger partial charge in [0, 0.05) is 11.4 Å². The summed E-state index contributed by atoms with van der Waals surface area (Å²) in [5, 5.41) is 14.4. The van der Waals surface area contributed by atoms with E-state index in [9.17, 15) is 18.3 Å². The summed E-state index contributed by atoms with van der Waals surface area (Å²) in [6, 6.07) is 5.94. The normalized spacial score (nSPS) is 20.7. The molecule has 1 fully saturated rings. The van der Waals surface area contributed by atoms with Crippen molar-refractivity contribution < 1.29 is 18.3 Å². The van der Waals surface area contributed by atoms with Crippen LogP contribution in [-0.4, -0.2) is 22.7 Å². The predicted octanol–water partition coefficient (Wildman–Crippen LogP) is 3.74. The summed E-state index contributed by atoms with van der Waals surface area (Å²) in [4.78, 5) is 3.74. The molecule has 23 heavy (non-hydrogen) atoms. The predicted molar refractivity (Wildman–Crippen MR) is 82.1 cm³/mol. The molecule has 0 bridgehead atoms. The summed E-state index contributed by atoms with van der Waals surface area (Å²) in [5.74, 6) is 0. The number of fused-ring (bicyclic) bond motifs is 1. The minimum Gasteiger partial charge on any atom is -0.387 e. The van der Waals surface area contributed by atoms with Crippen LogP contribution >= 0.6 is 0 Å². The highest BCUT2D eigenvalue weighted by Crippen LogP contribution is 2.35. The van der Waals surface area contributed by atoms with Crippen molar-refractivity contribution in [1.29, 1.82) is 0 Å². The molecule has 0 spiro atoms. The van der Waals surface area contributed by atoms with Crippen LogP contribution in [0.5, 0.6) is 0 Å². The Labute approximate surface area is 132 Å². The zero-order valence-electron chi connectivity index (χ0n) is 12.8. The first-order valence-electron chi connectivity index (χ1n) is 7.76. The molecule has 3 rings (SSSR count). The van der Waals surface area contributed by atoms with Crippen molar-refractivity contribution in [3.63, 3.8) is 0 Å². The average molecular weight is 324 g/mol. The van der Waals surface area contributed by atoms with Gasteiger partial charge in [0.05, 0.1) is 11.6 Å². The Hall–Kier alpha value is -1.66. The number of halogens is 3. The summed E-state index contributed by atoms with van der Waals surface area (Å²) in [6.45, 7) is 2.58. The van der Waals surface area contributed by atoms with E-state index in [2.05, 4.69) is 10.3 Å². The van der Waals surface area contributed by atoms with E-state index in [-0.39, 0.29) is 11.6 Å². The molecule has 1 aliphatic rings. The quantitative estimate of drug-likeness (QED) is 0.884. The van der Waals surface area contributed by atoms with Gasteiger partial charge in [0.25, 0.3) is 0 Å². The largest absolute Gasteiger partial charge is 0.433 e. The molecular formula is C17H19F3N2O. The van der Waals surface area contributed by atoms with Crippen molar-refractivity contribution in [3.05, 3.63) is 41.1 Å². The summed E-state index contributed by atoms with van der Waals surface area (Å²) in [5.41, 5.74) is 0.437. The van der Waals surface area contributed by atoms with E-state index in [0.29, 0.717) is 10.9 Å². The van der Waals surface area contributed by atoms with Crippen LogP contribution in [0.1, 0.15) is 42.2 Å². The van der Waals surface area contributed by atoms with Gasteiger partial charge in [-0.05, 0) is 49.6 Å². The van der Waals surface area contributed by atoms with Gasteiger partial charge in [-0.2, -0.15) is 13.2 Å². The van der Waals surface area contributed by atoms with E-state index in [4.69, 9.17) is 0 Å². The second-order valence-corrected chi connectivity index (χ2v) is 6.12. The molecule has 2 N–H and O–H groups in total. The molecule has 1 aromatic carbocycles. The molecule has 124 valence electrons. The molecule has 1 aliphatic heterocycles. The Bertz CT molecular complexity index is 709. The number of nitrogens with one attached hydrogen (secondary N) is 1. The Balaban J connectivity index is 2.12. The molecule has 1 saturated heterocycles. The zero-order chi connectivity index (χ0) is 16.6. The SMILES string of the molecule is Cc1ccc2c(C(O)C3CCCCN3)cc(C(F)(F)F)nc2c1.